The van der Waals surface area contributed by atoms with E-state index in [1.54, 1.807) is 18.4 Å². The number of anilines is 2. The van der Waals surface area contributed by atoms with Crippen LogP contribution in [-0.2, 0) is 4.79 Å². The number of amides is 1. The second-order valence-corrected chi connectivity index (χ2v) is 7.81. The lowest BCUT2D eigenvalue weighted by Crippen LogP contribution is -2.52. The van der Waals surface area contributed by atoms with Gasteiger partial charge in [0.15, 0.2) is 5.13 Å². The summed E-state index contributed by atoms with van der Waals surface area (Å²) in [4.78, 5) is 19.3. The van der Waals surface area contributed by atoms with Gasteiger partial charge in [0.05, 0.1) is 23.2 Å². The van der Waals surface area contributed by atoms with Crippen molar-refractivity contribution in [3.63, 3.8) is 0 Å². The van der Waals surface area contributed by atoms with E-state index in [-0.39, 0.29) is 11.8 Å². The Labute approximate surface area is 156 Å². The number of hydrogen-bond donors (Lipinski definition) is 1. The molecule has 0 radical (unpaired) electrons. The molecule has 1 N–H and O–H groups in total. The molecule has 3 aromatic rings. The van der Waals surface area contributed by atoms with Crippen LogP contribution in [-0.4, -0.2) is 31.1 Å². The van der Waals surface area contributed by atoms with Crippen molar-refractivity contribution in [1.82, 2.24) is 4.98 Å². The molecular weight excluding hydrogens is 346 g/mol. The summed E-state index contributed by atoms with van der Waals surface area (Å²) < 4.78 is 6.37. The Morgan fingerprint density at radius 1 is 1.19 bits per heavy atom. The molecule has 2 aromatic carbocycles. The largest absolute Gasteiger partial charge is 0.497 e. The van der Waals surface area contributed by atoms with Crippen molar-refractivity contribution in [3.8, 4) is 5.75 Å². The van der Waals surface area contributed by atoms with Crippen molar-refractivity contribution in [1.29, 1.82) is 0 Å². The van der Waals surface area contributed by atoms with E-state index in [2.05, 4.69) is 21.3 Å². The first-order valence-corrected chi connectivity index (χ1v) is 9.42. The fourth-order valence-electron chi connectivity index (χ4n) is 3.25. The molecule has 1 saturated heterocycles. The van der Waals surface area contributed by atoms with Crippen LogP contribution in [0.2, 0.25) is 0 Å². The van der Waals surface area contributed by atoms with Gasteiger partial charge in [0.1, 0.15) is 5.75 Å². The van der Waals surface area contributed by atoms with Crippen LogP contribution in [0.3, 0.4) is 0 Å². The summed E-state index contributed by atoms with van der Waals surface area (Å²) in [7, 11) is 1.66. The van der Waals surface area contributed by atoms with Crippen LogP contribution in [0.1, 0.15) is 11.1 Å². The highest BCUT2D eigenvalue weighted by atomic mass is 32.1. The van der Waals surface area contributed by atoms with Gasteiger partial charge in [-0.25, -0.2) is 4.98 Å². The fourth-order valence-corrected chi connectivity index (χ4v) is 4.26. The summed E-state index contributed by atoms with van der Waals surface area (Å²) in [6, 6.07) is 12.0. The van der Waals surface area contributed by atoms with Gasteiger partial charge < -0.3 is 15.0 Å². The second kappa shape index (κ2) is 6.61. The predicted molar refractivity (Wildman–Crippen MR) is 106 cm³/mol. The molecular formula is C20H21N3O2S. The van der Waals surface area contributed by atoms with Crippen molar-refractivity contribution < 1.29 is 9.53 Å². The maximum Gasteiger partial charge on any atom is 0.231 e. The minimum atomic E-state index is -0.00244. The second-order valence-electron chi connectivity index (χ2n) is 6.80. The maximum atomic E-state index is 12.5. The Bertz CT molecular complexity index is 956. The predicted octanol–water partition coefficient (Wildman–Crippen LogP) is 4.00. The summed E-state index contributed by atoms with van der Waals surface area (Å²) in [5.41, 5.74) is 4.15. The molecule has 0 saturated carbocycles. The van der Waals surface area contributed by atoms with Crippen LogP contribution in [0.5, 0.6) is 5.75 Å². The molecule has 0 bridgehead atoms. The number of benzene rings is 2. The number of ether oxygens (including phenoxy) is 1. The highest BCUT2D eigenvalue weighted by Gasteiger charge is 2.34. The molecule has 134 valence electrons. The monoisotopic (exact) mass is 367 g/mol. The van der Waals surface area contributed by atoms with Gasteiger partial charge in [0, 0.05) is 18.8 Å². The number of rotatable bonds is 4. The van der Waals surface area contributed by atoms with E-state index < -0.39 is 0 Å². The standard InChI is InChI=1S/C20H21N3O2S/c1-12-6-13(2)8-15(7-12)21-19(24)14-10-23(11-14)20-22-17-5-4-16(25-3)9-18(17)26-20/h4-9,14H,10-11H2,1-3H3,(H,21,24). The van der Waals surface area contributed by atoms with Crippen LogP contribution < -0.4 is 15.0 Å². The Hall–Kier alpha value is -2.60. The summed E-state index contributed by atoms with van der Waals surface area (Å²) >= 11 is 1.64. The topological polar surface area (TPSA) is 54.5 Å². The highest BCUT2D eigenvalue weighted by Crippen LogP contribution is 2.34. The van der Waals surface area contributed by atoms with Crippen LogP contribution in [0.4, 0.5) is 10.8 Å². The number of methoxy groups -OCH3 is 1. The van der Waals surface area contributed by atoms with Gasteiger partial charge in [-0.15, -0.1) is 0 Å². The van der Waals surface area contributed by atoms with E-state index >= 15 is 0 Å². The number of hydrogen-bond acceptors (Lipinski definition) is 5. The third-order valence-corrected chi connectivity index (χ3v) is 5.68. The average molecular weight is 367 g/mol. The van der Waals surface area contributed by atoms with Crippen molar-refractivity contribution in [2.45, 2.75) is 13.8 Å². The minimum Gasteiger partial charge on any atom is -0.497 e. The summed E-state index contributed by atoms with van der Waals surface area (Å²) in [6.07, 6.45) is 0. The Balaban J connectivity index is 1.41. The molecule has 1 amide bonds. The van der Waals surface area contributed by atoms with E-state index in [0.717, 1.165) is 37.9 Å². The molecule has 0 unspecified atom stereocenters. The molecule has 5 nitrogen and oxygen atoms in total. The van der Waals surface area contributed by atoms with Gasteiger partial charge in [-0.3, -0.25) is 4.79 Å². The molecule has 1 aromatic heterocycles. The number of carbonyl (C=O) groups is 1. The highest BCUT2D eigenvalue weighted by molar-refractivity contribution is 7.22. The van der Waals surface area contributed by atoms with Gasteiger partial charge in [-0.1, -0.05) is 17.4 Å². The van der Waals surface area contributed by atoms with Gasteiger partial charge in [0.25, 0.3) is 0 Å². The van der Waals surface area contributed by atoms with E-state index in [0.29, 0.717) is 13.1 Å². The van der Waals surface area contributed by atoms with Crippen molar-refractivity contribution in [2.24, 2.45) is 5.92 Å². The normalized spacial score (nSPS) is 14.3. The van der Waals surface area contributed by atoms with E-state index in [1.165, 1.54) is 0 Å². The van der Waals surface area contributed by atoms with Crippen LogP contribution >= 0.6 is 11.3 Å². The van der Waals surface area contributed by atoms with E-state index in [9.17, 15) is 4.79 Å². The molecule has 0 spiro atoms. The van der Waals surface area contributed by atoms with Gasteiger partial charge in [-0.05, 0) is 55.3 Å². The number of aryl methyl sites for hydroxylation is 2. The van der Waals surface area contributed by atoms with Crippen molar-refractivity contribution in [2.75, 3.05) is 30.4 Å². The first kappa shape index (κ1) is 16.8. The molecule has 0 atom stereocenters. The van der Waals surface area contributed by atoms with Crippen LogP contribution in [0.15, 0.2) is 36.4 Å². The van der Waals surface area contributed by atoms with Crippen molar-refractivity contribution in [3.05, 3.63) is 47.5 Å². The van der Waals surface area contributed by atoms with Gasteiger partial charge in [-0.2, -0.15) is 0 Å². The van der Waals surface area contributed by atoms with Crippen molar-refractivity contribution >= 4 is 38.3 Å². The molecule has 1 aliphatic rings. The number of fused-ring (bicyclic) bond motifs is 1. The zero-order valence-corrected chi connectivity index (χ0v) is 15.9. The molecule has 26 heavy (non-hydrogen) atoms. The number of nitrogens with one attached hydrogen (secondary N) is 1. The number of carbonyl (C=O) groups excluding carboxylic acids is 1. The Kier molecular flexibility index (Phi) is 4.28. The quantitative estimate of drug-likeness (QED) is 0.757. The zero-order valence-electron chi connectivity index (χ0n) is 15.1. The zero-order chi connectivity index (χ0) is 18.3. The Morgan fingerprint density at radius 3 is 2.62 bits per heavy atom. The minimum absolute atomic E-state index is 0.00244. The van der Waals surface area contributed by atoms with E-state index in [4.69, 9.17) is 4.74 Å². The van der Waals surface area contributed by atoms with Crippen LogP contribution in [0, 0.1) is 19.8 Å². The van der Waals surface area contributed by atoms with E-state index in [1.807, 2.05) is 44.2 Å². The molecule has 0 aliphatic carbocycles. The summed E-state index contributed by atoms with van der Waals surface area (Å²) in [6.45, 7) is 5.48. The Morgan fingerprint density at radius 2 is 1.92 bits per heavy atom. The lowest BCUT2D eigenvalue weighted by Gasteiger charge is -2.37. The number of aromatic nitrogens is 1. The number of thiazole rings is 1. The third-order valence-electron chi connectivity index (χ3n) is 4.60. The molecule has 4 rings (SSSR count). The lowest BCUT2D eigenvalue weighted by atomic mass is 10.00. The average Bonchev–Trinajstić information content (AvgIpc) is 2.94. The first-order valence-electron chi connectivity index (χ1n) is 8.60. The molecule has 6 heteroatoms. The lowest BCUT2D eigenvalue weighted by molar-refractivity contribution is -0.120. The smallest absolute Gasteiger partial charge is 0.231 e. The molecule has 2 heterocycles. The maximum absolute atomic E-state index is 12.5. The summed E-state index contributed by atoms with van der Waals surface area (Å²) in [5, 5.41) is 4.00. The fraction of sp³-hybridized carbons (Fsp3) is 0.300. The molecule has 1 aliphatic heterocycles. The third kappa shape index (κ3) is 3.24. The van der Waals surface area contributed by atoms with Gasteiger partial charge in [0.2, 0.25) is 5.91 Å². The number of nitrogens with zero attached hydrogens (tertiary/aromatic N) is 2. The summed E-state index contributed by atoms with van der Waals surface area (Å²) in [5.74, 6) is 0.911. The molecule has 1 fully saturated rings. The van der Waals surface area contributed by atoms with Gasteiger partial charge >= 0.3 is 0 Å². The SMILES string of the molecule is COc1ccc2nc(N3CC(C(=O)Nc4cc(C)cc(C)c4)C3)sc2c1. The van der Waals surface area contributed by atoms with Crippen LogP contribution in [0.25, 0.3) is 10.2 Å². The first-order chi connectivity index (χ1) is 12.5.